The number of aromatic nitrogens is 3. The molecule has 4 N–H and O–H groups in total. The first-order valence-electron chi connectivity index (χ1n) is 6.54. The van der Waals surface area contributed by atoms with Gasteiger partial charge in [-0.2, -0.15) is 5.10 Å². The van der Waals surface area contributed by atoms with Crippen LogP contribution in [-0.2, 0) is 13.1 Å². The van der Waals surface area contributed by atoms with Crippen LogP contribution < -0.4 is 11.1 Å². The number of nitrogens with two attached hydrogens (primary N) is 1. The molecular weight excluding hydrogens is 288 g/mol. The number of carboxylic acid groups (broad SMARTS) is 1. The molecule has 0 unspecified atom stereocenters. The number of nitrogen functional groups attached to an aromatic ring is 1. The maximum atomic E-state index is 11.5. The predicted molar refractivity (Wildman–Crippen MR) is 76.4 cm³/mol. The molecule has 2 aromatic heterocycles. The summed E-state index contributed by atoms with van der Waals surface area (Å²) < 4.78 is 1.56. The van der Waals surface area contributed by atoms with Gasteiger partial charge in [-0.3, -0.25) is 9.69 Å². The van der Waals surface area contributed by atoms with Crippen molar-refractivity contribution in [1.82, 2.24) is 25.0 Å². The molecule has 0 aliphatic carbocycles. The van der Waals surface area contributed by atoms with Crippen molar-refractivity contribution in [3.8, 4) is 5.69 Å². The number of carbonyl (C=O) groups excluding carboxylic acids is 1. The van der Waals surface area contributed by atoms with Crippen LogP contribution >= 0.6 is 0 Å². The van der Waals surface area contributed by atoms with Gasteiger partial charge in [-0.1, -0.05) is 0 Å². The topological polar surface area (TPSA) is 126 Å². The van der Waals surface area contributed by atoms with E-state index in [4.69, 9.17) is 10.8 Å². The van der Waals surface area contributed by atoms with E-state index in [1.165, 1.54) is 11.9 Å². The lowest BCUT2D eigenvalue weighted by atomic mass is 10.3. The van der Waals surface area contributed by atoms with Crippen molar-refractivity contribution in [2.75, 3.05) is 12.8 Å². The maximum absolute atomic E-state index is 11.5. The zero-order chi connectivity index (χ0) is 15.9. The van der Waals surface area contributed by atoms with E-state index < -0.39 is 6.09 Å². The van der Waals surface area contributed by atoms with Gasteiger partial charge in [-0.15, -0.1) is 0 Å². The average molecular weight is 302 g/mol. The van der Waals surface area contributed by atoms with E-state index in [1.54, 1.807) is 23.0 Å². The number of fused-ring (bicyclic) bond motifs is 1. The Bertz CT molecular complexity index is 746. The van der Waals surface area contributed by atoms with Crippen molar-refractivity contribution < 1.29 is 14.7 Å². The normalized spacial score (nSPS) is 13.0. The van der Waals surface area contributed by atoms with E-state index in [0.717, 1.165) is 5.56 Å². The van der Waals surface area contributed by atoms with Crippen molar-refractivity contribution in [3.05, 3.63) is 35.3 Å². The number of anilines is 1. The van der Waals surface area contributed by atoms with Gasteiger partial charge in [-0.05, 0) is 12.1 Å². The van der Waals surface area contributed by atoms with Gasteiger partial charge in [0.15, 0.2) is 0 Å². The number of pyridine rings is 1. The van der Waals surface area contributed by atoms with E-state index in [2.05, 4.69) is 15.4 Å². The third kappa shape index (κ3) is 2.22. The van der Waals surface area contributed by atoms with Crippen molar-refractivity contribution in [3.63, 3.8) is 0 Å². The number of rotatable bonds is 2. The smallest absolute Gasteiger partial charge is 0.407 e. The van der Waals surface area contributed by atoms with E-state index >= 15 is 0 Å². The van der Waals surface area contributed by atoms with Crippen molar-refractivity contribution >= 4 is 17.8 Å². The molecule has 1 aliphatic heterocycles. The van der Waals surface area contributed by atoms with Crippen LogP contribution in [0.2, 0.25) is 0 Å². The second-order valence-corrected chi connectivity index (χ2v) is 4.86. The SMILES string of the molecule is CNC(=O)c1ccc(-n2cc3c(n2)CN(C(=O)O)C3)c(N)n1. The Morgan fingerprint density at radius 1 is 1.36 bits per heavy atom. The van der Waals surface area contributed by atoms with Crippen LogP contribution in [-0.4, -0.2) is 43.8 Å². The van der Waals surface area contributed by atoms with Crippen LogP contribution in [0.1, 0.15) is 21.7 Å². The summed E-state index contributed by atoms with van der Waals surface area (Å²) in [7, 11) is 1.51. The highest BCUT2D eigenvalue weighted by Gasteiger charge is 2.26. The lowest BCUT2D eigenvalue weighted by molar-refractivity contribution is 0.0958. The third-order valence-electron chi connectivity index (χ3n) is 3.46. The quantitative estimate of drug-likeness (QED) is 0.727. The Morgan fingerprint density at radius 3 is 2.73 bits per heavy atom. The summed E-state index contributed by atoms with van der Waals surface area (Å²) in [6.45, 7) is 0.551. The molecule has 0 saturated carbocycles. The molecule has 0 fully saturated rings. The molecule has 0 aromatic carbocycles. The maximum Gasteiger partial charge on any atom is 0.407 e. The van der Waals surface area contributed by atoms with E-state index in [9.17, 15) is 9.59 Å². The Hall–Kier alpha value is -3.10. The molecule has 9 nitrogen and oxygen atoms in total. The molecule has 0 saturated heterocycles. The van der Waals surface area contributed by atoms with Crippen LogP contribution in [0.25, 0.3) is 5.69 Å². The number of amides is 2. The largest absolute Gasteiger partial charge is 0.465 e. The summed E-state index contributed by atoms with van der Waals surface area (Å²) in [5.41, 5.74) is 8.17. The van der Waals surface area contributed by atoms with Gasteiger partial charge in [-0.25, -0.2) is 14.5 Å². The van der Waals surface area contributed by atoms with Crippen LogP contribution in [0.4, 0.5) is 10.6 Å². The first-order valence-corrected chi connectivity index (χ1v) is 6.54. The van der Waals surface area contributed by atoms with E-state index in [-0.39, 0.29) is 24.0 Å². The molecule has 2 aromatic rings. The molecule has 3 rings (SSSR count). The third-order valence-corrected chi connectivity index (χ3v) is 3.46. The summed E-state index contributed by atoms with van der Waals surface area (Å²) >= 11 is 0. The molecule has 9 heteroatoms. The van der Waals surface area contributed by atoms with Gasteiger partial charge in [0.1, 0.15) is 17.2 Å². The van der Waals surface area contributed by atoms with Crippen LogP contribution in [0.3, 0.4) is 0 Å². The zero-order valence-corrected chi connectivity index (χ0v) is 11.8. The highest BCUT2D eigenvalue weighted by atomic mass is 16.4. The fraction of sp³-hybridized carbons (Fsp3) is 0.231. The molecule has 3 heterocycles. The predicted octanol–water partition coefficient (Wildman–Crippen LogP) is 0.203. The summed E-state index contributed by atoms with van der Waals surface area (Å²) in [6.07, 6.45) is 0.756. The first kappa shape index (κ1) is 13.9. The lowest BCUT2D eigenvalue weighted by Crippen LogP contribution is -2.23. The minimum absolute atomic E-state index is 0.178. The van der Waals surface area contributed by atoms with Crippen LogP contribution in [0.15, 0.2) is 18.3 Å². The standard InChI is InChI=1S/C13H14N6O3/c1-15-12(20)8-2-3-10(11(14)16-8)19-5-7-4-18(13(21)22)6-9(7)17-19/h2-3,5H,4,6H2,1H3,(H2,14,16)(H,15,20)(H,21,22). The van der Waals surface area contributed by atoms with Gasteiger partial charge in [0.25, 0.3) is 5.91 Å². The Kier molecular flexibility index (Phi) is 3.17. The fourth-order valence-corrected chi connectivity index (χ4v) is 2.33. The van der Waals surface area contributed by atoms with E-state index in [1.807, 2.05) is 0 Å². The minimum atomic E-state index is -0.972. The van der Waals surface area contributed by atoms with Crippen LogP contribution in [0, 0.1) is 0 Å². The Balaban J connectivity index is 1.89. The molecule has 114 valence electrons. The van der Waals surface area contributed by atoms with Crippen molar-refractivity contribution in [2.24, 2.45) is 0 Å². The monoisotopic (exact) mass is 302 g/mol. The number of carbonyl (C=O) groups is 2. The molecule has 0 atom stereocenters. The highest BCUT2D eigenvalue weighted by molar-refractivity contribution is 5.92. The molecule has 0 radical (unpaired) electrons. The second kappa shape index (κ2) is 5.02. The van der Waals surface area contributed by atoms with Gasteiger partial charge in [0, 0.05) is 18.8 Å². The first-order chi connectivity index (χ1) is 10.5. The fourth-order valence-electron chi connectivity index (χ4n) is 2.33. The van der Waals surface area contributed by atoms with Gasteiger partial charge < -0.3 is 16.2 Å². The molecule has 2 amide bonds. The minimum Gasteiger partial charge on any atom is -0.465 e. The Morgan fingerprint density at radius 2 is 2.14 bits per heavy atom. The number of nitrogens with zero attached hydrogens (tertiary/aromatic N) is 4. The van der Waals surface area contributed by atoms with Crippen molar-refractivity contribution in [1.29, 1.82) is 0 Å². The molecule has 0 bridgehead atoms. The second-order valence-electron chi connectivity index (χ2n) is 4.86. The van der Waals surface area contributed by atoms with Crippen molar-refractivity contribution in [2.45, 2.75) is 13.1 Å². The highest BCUT2D eigenvalue weighted by Crippen LogP contribution is 2.24. The van der Waals surface area contributed by atoms with Gasteiger partial charge in [0.05, 0.1) is 18.8 Å². The molecular formula is C13H14N6O3. The Labute approximate surface area is 125 Å². The van der Waals surface area contributed by atoms with Crippen LogP contribution in [0.5, 0.6) is 0 Å². The summed E-state index contributed by atoms with van der Waals surface area (Å²) in [5, 5.41) is 15.8. The average Bonchev–Trinajstić information content (AvgIpc) is 3.04. The number of hydrogen-bond acceptors (Lipinski definition) is 5. The summed E-state index contributed by atoms with van der Waals surface area (Å²) in [5.74, 6) is -0.143. The van der Waals surface area contributed by atoms with E-state index in [0.29, 0.717) is 17.9 Å². The number of hydrogen-bond donors (Lipinski definition) is 3. The van der Waals surface area contributed by atoms with Gasteiger partial charge >= 0.3 is 6.09 Å². The zero-order valence-electron chi connectivity index (χ0n) is 11.8. The molecule has 0 spiro atoms. The summed E-state index contributed by atoms with van der Waals surface area (Å²) in [4.78, 5) is 27.8. The number of nitrogens with one attached hydrogen (secondary N) is 1. The lowest BCUT2D eigenvalue weighted by Gasteiger charge is -2.11. The summed E-state index contributed by atoms with van der Waals surface area (Å²) in [6, 6.07) is 3.21. The molecule has 22 heavy (non-hydrogen) atoms. The molecule has 1 aliphatic rings. The van der Waals surface area contributed by atoms with Gasteiger partial charge in [0.2, 0.25) is 0 Å².